The van der Waals surface area contributed by atoms with Gasteiger partial charge in [-0.25, -0.2) is 9.67 Å². The lowest BCUT2D eigenvalue weighted by Crippen LogP contribution is -2.39. The van der Waals surface area contributed by atoms with Gasteiger partial charge in [0.25, 0.3) is 11.5 Å². The Morgan fingerprint density at radius 3 is 2.57 bits per heavy atom. The fourth-order valence-electron chi connectivity index (χ4n) is 3.62. The number of carbonyl (C=O) groups is 1. The molecule has 0 bridgehead atoms. The van der Waals surface area contributed by atoms with E-state index >= 15 is 0 Å². The molecule has 144 valence electrons. The Kier molecular flexibility index (Phi) is 5.01. The van der Waals surface area contributed by atoms with Crippen molar-refractivity contribution in [2.45, 2.75) is 25.3 Å². The minimum atomic E-state index is -0.226. The van der Waals surface area contributed by atoms with Crippen molar-refractivity contribution in [1.82, 2.24) is 29.2 Å². The molecule has 1 aliphatic heterocycles. The van der Waals surface area contributed by atoms with Crippen molar-refractivity contribution >= 4 is 5.91 Å². The van der Waals surface area contributed by atoms with Gasteiger partial charge in [-0.1, -0.05) is 0 Å². The van der Waals surface area contributed by atoms with Crippen LogP contribution >= 0.6 is 0 Å². The number of piperidine rings is 1. The lowest BCUT2D eigenvalue weighted by Gasteiger charge is -2.31. The normalized spacial score (nSPS) is 15.0. The minimum Gasteiger partial charge on any atom is -0.337 e. The van der Waals surface area contributed by atoms with Crippen molar-refractivity contribution in [3.8, 4) is 0 Å². The summed E-state index contributed by atoms with van der Waals surface area (Å²) in [6.45, 7) is 2.06. The van der Waals surface area contributed by atoms with Crippen LogP contribution in [0.5, 0.6) is 0 Å². The number of amides is 1. The van der Waals surface area contributed by atoms with Gasteiger partial charge in [0.15, 0.2) is 0 Å². The smallest absolute Gasteiger partial charge is 0.274 e. The number of imidazole rings is 1. The Balaban J connectivity index is 1.42. The molecule has 0 atom stereocenters. The second-order valence-electron chi connectivity index (χ2n) is 7.02. The van der Waals surface area contributed by atoms with Crippen molar-refractivity contribution < 1.29 is 4.79 Å². The molecule has 4 heterocycles. The first kappa shape index (κ1) is 18.1. The monoisotopic (exact) mass is 378 g/mol. The van der Waals surface area contributed by atoms with Gasteiger partial charge in [-0.15, -0.1) is 0 Å². The Hall–Kier alpha value is -3.29. The van der Waals surface area contributed by atoms with Crippen molar-refractivity contribution in [1.29, 1.82) is 0 Å². The molecule has 1 aliphatic rings. The first-order valence-electron chi connectivity index (χ1n) is 9.35. The van der Waals surface area contributed by atoms with Gasteiger partial charge in [0.05, 0.1) is 0 Å². The van der Waals surface area contributed by atoms with E-state index in [-0.39, 0.29) is 11.5 Å². The SMILES string of the molecule is Cn1nc(C(=O)N2CCC(c3nccn3Cc3ccncc3)CC2)ccc1=O. The maximum atomic E-state index is 12.7. The lowest BCUT2D eigenvalue weighted by molar-refractivity contribution is 0.0702. The fourth-order valence-corrected chi connectivity index (χ4v) is 3.62. The zero-order valence-electron chi connectivity index (χ0n) is 15.7. The second-order valence-corrected chi connectivity index (χ2v) is 7.02. The molecule has 4 rings (SSSR count). The number of likely N-dealkylation sites (tertiary alicyclic amines) is 1. The molecule has 0 aromatic carbocycles. The van der Waals surface area contributed by atoms with Crippen molar-refractivity contribution in [2.75, 3.05) is 13.1 Å². The molecular weight excluding hydrogens is 356 g/mol. The van der Waals surface area contributed by atoms with Crippen LogP contribution in [-0.2, 0) is 13.6 Å². The van der Waals surface area contributed by atoms with Crippen LogP contribution in [0.25, 0.3) is 0 Å². The number of carbonyl (C=O) groups excluding carboxylic acids is 1. The van der Waals surface area contributed by atoms with E-state index in [4.69, 9.17) is 0 Å². The molecule has 1 fully saturated rings. The van der Waals surface area contributed by atoms with Crippen molar-refractivity contribution in [3.05, 3.63) is 76.5 Å². The highest BCUT2D eigenvalue weighted by molar-refractivity contribution is 5.92. The van der Waals surface area contributed by atoms with E-state index in [0.29, 0.717) is 24.7 Å². The Bertz CT molecular complexity index is 1020. The molecule has 0 saturated carbocycles. The molecule has 0 radical (unpaired) electrons. The van der Waals surface area contributed by atoms with Crippen LogP contribution in [0.4, 0.5) is 0 Å². The maximum absolute atomic E-state index is 12.7. The van der Waals surface area contributed by atoms with Gasteiger partial charge in [0, 0.05) is 63.5 Å². The summed E-state index contributed by atoms with van der Waals surface area (Å²) in [5, 5.41) is 4.07. The van der Waals surface area contributed by atoms with Crippen LogP contribution in [0.1, 0.15) is 40.6 Å². The van der Waals surface area contributed by atoms with E-state index in [1.165, 1.54) is 22.4 Å². The molecule has 0 aliphatic carbocycles. The number of aromatic nitrogens is 5. The number of pyridine rings is 1. The predicted molar refractivity (Wildman–Crippen MR) is 103 cm³/mol. The largest absolute Gasteiger partial charge is 0.337 e. The molecule has 0 unspecified atom stereocenters. The van der Waals surface area contributed by atoms with Gasteiger partial charge in [0.1, 0.15) is 11.5 Å². The third kappa shape index (κ3) is 3.71. The highest BCUT2D eigenvalue weighted by Gasteiger charge is 2.27. The summed E-state index contributed by atoms with van der Waals surface area (Å²) < 4.78 is 3.36. The molecule has 8 nitrogen and oxygen atoms in total. The average Bonchev–Trinajstić information content (AvgIpc) is 3.18. The van der Waals surface area contributed by atoms with Gasteiger partial charge < -0.3 is 9.47 Å². The lowest BCUT2D eigenvalue weighted by atomic mass is 9.95. The van der Waals surface area contributed by atoms with Crippen LogP contribution in [0, 0.1) is 0 Å². The summed E-state index contributed by atoms with van der Waals surface area (Å²) >= 11 is 0. The summed E-state index contributed by atoms with van der Waals surface area (Å²) in [4.78, 5) is 34.6. The number of rotatable bonds is 4. The van der Waals surface area contributed by atoms with Crippen LogP contribution < -0.4 is 5.56 Å². The van der Waals surface area contributed by atoms with Crippen molar-refractivity contribution in [2.24, 2.45) is 7.05 Å². The van der Waals surface area contributed by atoms with Crippen LogP contribution in [0.2, 0.25) is 0 Å². The zero-order chi connectivity index (χ0) is 19.5. The first-order valence-corrected chi connectivity index (χ1v) is 9.35. The van der Waals surface area contributed by atoms with E-state index in [2.05, 4.69) is 19.6 Å². The standard InChI is InChI=1S/C20H22N6O2/c1-24-18(27)3-2-17(23-24)20(28)25-11-6-16(7-12-25)19-22-10-13-26(19)14-15-4-8-21-9-5-15/h2-5,8-10,13,16H,6-7,11-12,14H2,1H3. The van der Waals surface area contributed by atoms with Crippen LogP contribution in [0.3, 0.4) is 0 Å². The fraction of sp³-hybridized carbons (Fsp3) is 0.350. The molecule has 0 spiro atoms. The first-order chi connectivity index (χ1) is 13.6. The van der Waals surface area contributed by atoms with Crippen LogP contribution in [0.15, 0.2) is 53.8 Å². The number of hydrogen-bond donors (Lipinski definition) is 0. The van der Waals surface area contributed by atoms with Gasteiger partial charge >= 0.3 is 0 Å². The Morgan fingerprint density at radius 1 is 1.11 bits per heavy atom. The molecule has 0 N–H and O–H groups in total. The number of aryl methyl sites for hydroxylation is 1. The van der Waals surface area contributed by atoms with Gasteiger partial charge in [-0.05, 0) is 36.6 Å². The second kappa shape index (κ2) is 7.75. The molecule has 3 aromatic rings. The summed E-state index contributed by atoms with van der Waals surface area (Å²) in [7, 11) is 1.55. The molecular formula is C20H22N6O2. The van der Waals surface area contributed by atoms with E-state index < -0.39 is 0 Å². The topological polar surface area (TPSA) is 85.9 Å². The molecule has 1 amide bonds. The molecule has 8 heteroatoms. The molecule has 3 aromatic heterocycles. The summed E-state index contributed by atoms with van der Waals surface area (Å²) in [6.07, 6.45) is 9.13. The third-order valence-corrected chi connectivity index (χ3v) is 5.18. The minimum absolute atomic E-state index is 0.130. The van der Waals surface area contributed by atoms with E-state index in [1.54, 1.807) is 24.3 Å². The van der Waals surface area contributed by atoms with E-state index in [9.17, 15) is 9.59 Å². The third-order valence-electron chi connectivity index (χ3n) is 5.18. The number of hydrogen-bond acceptors (Lipinski definition) is 5. The average molecular weight is 378 g/mol. The maximum Gasteiger partial charge on any atom is 0.274 e. The Labute approximate surface area is 162 Å². The molecule has 1 saturated heterocycles. The van der Waals surface area contributed by atoms with E-state index in [1.807, 2.05) is 24.5 Å². The highest BCUT2D eigenvalue weighted by atomic mass is 16.2. The van der Waals surface area contributed by atoms with Gasteiger partial charge in [-0.2, -0.15) is 5.10 Å². The van der Waals surface area contributed by atoms with Crippen LogP contribution in [-0.4, -0.2) is 48.2 Å². The quantitative estimate of drug-likeness (QED) is 0.686. The summed E-state index contributed by atoms with van der Waals surface area (Å²) in [5.74, 6) is 1.24. The summed E-state index contributed by atoms with van der Waals surface area (Å²) in [5.41, 5.74) is 1.26. The Morgan fingerprint density at radius 2 is 1.86 bits per heavy atom. The van der Waals surface area contributed by atoms with Crippen molar-refractivity contribution in [3.63, 3.8) is 0 Å². The van der Waals surface area contributed by atoms with Gasteiger partial charge in [0.2, 0.25) is 0 Å². The number of nitrogens with zero attached hydrogens (tertiary/aromatic N) is 6. The zero-order valence-corrected chi connectivity index (χ0v) is 15.7. The van der Waals surface area contributed by atoms with Gasteiger partial charge in [-0.3, -0.25) is 14.6 Å². The summed E-state index contributed by atoms with van der Waals surface area (Å²) in [6, 6.07) is 6.89. The van der Waals surface area contributed by atoms with E-state index in [0.717, 1.165) is 25.2 Å². The predicted octanol–water partition coefficient (Wildman–Crippen LogP) is 1.44. The molecule has 28 heavy (non-hydrogen) atoms. The highest BCUT2D eigenvalue weighted by Crippen LogP contribution is 2.27.